The summed E-state index contributed by atoms with van der Waals surface area (Å²) < 4.78 is 13.3. The van der Waals surface area contributed by atoms with Crippen LogP contribution in [0.25, 0.3) is 0 Å². The maximum Gasteiger partial charge on any atom is 0.125 e. The topological polar surface area (TPSA) is 15.3 Å². The molecule has 18 heavy (non-hydrogen) atoms. The van der Waals surface area contributed by atoms with Crippen molar-refractivity contribution in [2.24, 2.45) is 0 Å². The largest absolute Gasteiger partial charge is 0.370 e. The van der Waals surface area contributed by atoms with Gasteiger partial charge in [0.2, 0.25) is 0 Å². The van der Waals surface area contributed by atoms with Gasteiger partial charge in [0.05, 0.1) is 0 Å². The van der Waals surface area contributed by atoms with Crippen molar-refractivity contribution in [3.05, 3.63) is 29.6 Å². The van der Waals surface area contributed by atoms with Gasteiger partial charge in [0.1, 0.15) is 5.82 Å². The summed E-state index contributed by atoms with van der Waals surface area (Å²) in [5, 5.41) is 3.56. The second-order valence-corrected chi connectivity index (χ2v) is 4.98. The number of rotatable bonds is 6. The quantitative estimate of drug-likeness (QED) is 0.835. The van der Waals surface area contributed by atoms with Gasteiger partial charge in [-0.2, -0.15) is 0 Å². The molecule has 0 atom stereocenters. The minimum absolute atomic E-state index is 0.131. The minimum atomic E-state index is -0.131. The molecule has 0 bridgehead atoms. The number of nitrogens with one attached hydrogen (secondary N) is 1. The Morgan fingerprint density at radius 1 is 1.33 bits per heavy atom. The van der Waals surface area contributed by atoms with Crippen LogP contribution in [0.15, 0.2) is 18.2 Å². The molecule has 0 amide bonds. The molecule has 0 fully saturated rings. The summed E-state index contributed by atoms with van der Waals surface area (Å²) in [6.07, 6.45) is 3.38. The Morgan fingerprint density at radius 2 is 2.11 bits per heavy atom. The molecule has 1 N–H and O–H groups in total. The van der Waals surface area contributed by atoms with Gasteiger partial charge < -0.3 is 10.2 Å². The van der Waals surface area contributed by atoms with Crippen LogP contribution in [-0.2, 0) is 6.42 Å². The first kappa shape index (κ1) is 13.3. The summed E-state index contributed by atoms with van der Waals surface area (Å²) in [7, 11) is 0. The molecule has 2 nitrogen and oxygen atoms in total. The first-order valence-corrected chi connectivity index (χ1v) is 7.01. The van der Waals surface area contributed by atoms with Crippen LogP contribution in [0.3, 0.4) is 0 Å². The van der Waals surface area contributed by atoms with Crippen LogP contribution in [-0.4, -0.2) is 25.7 Å². The van der Waals surface area contributed by atoms with Crippen molar-refractivity contribution in [3.63, 3.8) is 0 Å². The molecule has 1 aliphatic rings. The third-order valence-corrected chi connectivity index (χ3v) is 3.84. The van der Waals surface area contributed by atoms with Crippen molar-refractivity contribution in [1.82, 2.24) is 5.32 Å². The first-order chi connectivity index (χ1) is 8.74. The third-order valence-electron chi connectivity index (χ3n) is 3.84. The van der Waals surface area contributed by atoms with Gasteiger partial charge in [0, 0.05) is 31.4 Å². The monoisotopic (exact) mass is 250 g/mol. The van der Waals surface area contributed by atoms with Gasteiger partial charge in [-0.05, 0) is 37.0 Å². The van der Waals surface area contributed by atoms with Crippen LogP contribution in [0.5, 0.6) is 0 Å². The molecule has 1 aromatic rings. The molecule has 3 heteroatoms. The lowest BCUT2D eigenvalue weighted by molar-refractivity contribution is 0.487. The van der Waals surface area contributed by atoms with Gasteiger partial charge in [-0.1, -0.05) is 19.9 Å². The number of anilines is 1. The molecule has 0 spiro atoms. The number of benzene rings is 1. The zero-order chi connectivity index (χ0) is 13.0. The molecule has 2 rings (SSSR count). The van der Waals surface area contributed by atoms with E-state index in [4.69, 9.17) is 0 Å². The van der Waals surface area contributed by atoms with Crippen LogP contribution in [0.4, 0.5) is 10.1 Å². The first-order valence-electron chi connectivity index (χ1n) is 7.01. The molecule has 0 aromatic heterocycles. The Morgan fingerprint density at radius 3 is 2.83 bits per heavy atom. The van der Waals surface area contributed by atoms with Crippen molar-refractivity contribution < 1.29 is 4.39 Å². The lowest BCUT2D eigenvalue weighted by atomic mass is 10.1. The van der Waals surface area contributed by atoms with E-state index < -0.39 is 0 Å². The van der Waals surface area contributed by atoms with Gasteiger partial charge in [0.25, 0.3) is 0 Å². The number of halogens is 1. The predicted molar refractivity (Wildman–Crippen MR) is 74.7 cm³/mol. The number of hydrogen-bond acceptors (Lipinski definition) is 2. The Hall–Kier alpha value is -1.09. The molecule has 0 unspecified atom stereocenters. The van der Waals surface area contributed by atoms with Crippen molar-refractivity contribution in [2.75, 3.05) is 24.5 Å². The van der Waals surface area contributed by atoms with E-state index in [1.165, 1.54) is 18.4 Å². The highest BCUT2D eigenvalue weighted by Gasteiger charge is 2.19. The van der Waals surface area contributed by atoms with Crippen LogP contribution < -0.4 is 10.2 Å². The maximum atomic E-state index is 13.3. The average Bonchev–Trinajstić information content (AvgIpc) is 2.77. The Kier molecular flexibility index (Phi) is 4.59. The van der Waals surface area contributed by atoms with Crippen LogP contribution in [0.1, 0.15) is 32.3 Å². The van der Waals surface area contributed by atoms with E-state index >= 15 is 0 Å². The molecule has 1 aromatic carbocycles. The highest BCUT2D eigenvalue weighted by Crippen LogP contribution is 2.28. The molecular weight excluding hydrogens is 227 g/mol. The summed E-state index contributed by atoms with van der Waals surface area (Å²) >= 11 is 0. The molecule has 1 aliphatic heterocycles. The Labute approximate surface area is 109 Å². The van der Waals surface area contributed by atoms with E-state index in [1.54, 1.807) is 12.1 Å². The molecule has 1 heterocycles. The highest BCUT2D eigenvalue weighted by molar-refractivity contribution is 5.58. The van der Waals surface area contributed by atoms with Crippen molar-refractivity contribution in [2.45, 2.75) is 39.2 Å². The normalized spacial score (nSPS) is 14.3. The molecule has 0 radical (unpaired) electrons. The molecule has 0 saturated heterocycles. The summed E-state index contributed by atoms with van der Waals surface area (Å²) in [4.78, 5) is 2.29. The standard InChI is InChI=1S/C15H23FN2/c1-3-14(4-2)17-8-10-18-9-7-12-5-6-13(16)11-15(12)18/h5-6,11,14,17H,3-4,7-10H2,1-2H3. The van der Waals surface area contributed by atoms with Crippen LogP contribution >= 0.6 is 0 Å². The molecular formula is C15H23FN2. The van der Waals surface area contributed by atoms with Gasteiger partial charge in [-0.3, -0.25) is 0 Å². The lowest BCUT2D eigenvalue weighted by Gasteiger charge is -2.22. The predicted octanol–water partition coefficient (Wildman–Crippen LogP) is 2.97. The zero-order valence-corrected chi connectivity index (χ0v) is 11.4. The van der Waals surface area contributed by atoms with E-state index in [0.29, 0.717) is 6.04 Å². The average molecular weight is 250 g/mol. The highest BCUT2D eigenvalue weighted by atomic mass is 19.1. The summed E-state index contributed by atoms with van der Waals surface area (Å²) in [5.41, 5.74) is 2.36. The summed E-state index contributed by atoms with van der Waals surface area (Å²) in [5.74, 6) is -0.131. The van der Waals surface area contributed by atoms with E-state index in [0.717, 1.165) is 31.7 Å². The summed E-state index contributed by atoms with van der Waals surface area (Å²) in [6.45, 7) is 7.38. The Bertz CT molecular complexity index is 388. The van der Waals surface area contributed by atoms with E-state index in [1.807, 2.05) is 6.07 Å². The number of hydrogen-bond donors (Lipinski definition) is 1. The maximum absolute atomic E-state index is 13.3. The summed E-state index contributed by atoms with van der Waals surface area (Å²) in [6, 6.07) is 5.75. The molecule has 100 valence electrons. The van der Waals surface area contributed by atoms with Crippen LogP contribution in [0, 0.1) is 5.82 Å². The zero-order valence-electron chi connectivity index (χ0n) is 11.4. The number of fused-ring (bicyclic) bond motifs is 1. The Balaban J connectivity index is 1.88. The second kappa shape index (κ2) is 6.19. The fourth-order valence-corrected chi connectivity index (χ4v) is 2.63. The fraction of sp³-hybridized carbons (Fsp3) is 0.600. The van der Waals surface area contributed by atoms with Crippen LogP contribution in [0.2, 0.25) is 0 Å². The van der Waals surface area contributed by atoms with Gasteiger partial charge >= 0.3 is 0 Å². The van der Waals surface area contributed by atoms with Crippen molar-refractivity contribution >= 4 is 5.69 Å². The minimum Gasteiger partial charge on any atom is -0.370 e. The van der Waals surface area contributed by atoms with E-state index in [2.05, 4.69) is 24.1 Å². The van der Waals surface area contributed by atoms with Gasteiger partial charge in [0.15, 0.2) is 0 Å². The number of nitrogens with zero attached hydrogens (tertiary/aromatic N) is 1. The van der Waals surface area contributed by atoms with E-state index in [-0.39, 0.29) is 5.82 Å². The van der Waals surface area contributed by atoms with E-state index in [9.17, 15) is 4.39 Å². The second-order valence-electron chi connectivity index (χ2n) is 4.98. The molecule has 0 aliphatic carbocycles. The smallest absolute Gasteiger partial charge is 0.125 e. The van der Waals surface area contributed by atoms with Gasteiger partial charge in [-0.25, -0.2) is 4.39 Å². The SMILES string of the molecule is CCC(CC)NCCN1CCc2ccc(F)cc21. The molecule has 0 saturated carbocycles. The lowest BCUT2D eigenvalue weighted by Crippen LogP contribution is -2.36. The fourth-order valence-electron chi connectivity index (χ4n) is 2.63. The van der Waals surface area contributed by atoms with Gasteiger partial charge in [-0.15, -0.1) is 0 Å². The third kappa shape index (κ3) is 3.02. The van der Waals surface area contributed by atoms with Crippen molar-refractivity contribution in [1.29, 1.82) is 0 Å². The van der Waals surface area contributed by atoms with Crippen molar-refractivity contribution in [3.8, 4) is 0 Å².